The minimum absolute atomic E-state index is 0.240. The van der Waals surface area contributed by atoms with Crippen LogP contribution < -0.4 is 16.2 Å². The summed E-state index contributed by atoms with van der Waals surface area (Å²) in [6, 6.07) is 0.876. The monoisotopic (exact) mass is 331 g/mol. The van der Waals surface area contributed by atoms with Crippen LogP contribution >= 0.6 is 0 Å². The third kappa shape index (κ3) is 4.14. The lowest BCUT2D eigenvalue weighted by Gasteiger charge is -2.29. The molecule has 2 rings (SSSR count). The molecule has 1 amide bonds. The maximum atomic E-state index is 13.6. The van der Waals surface area contributed by atoms with Gasteiger partial charge in [0.2, 0.25) is 5.82 Å². The largest absolute Gasteiger partial charge is 0.503 e. The van der Waals surface area contributed by atoms with E-state index in [1.807, 2.05) is 0 Å². The van der Waals surface area contributed by atoms with Gasteiger partial charge in [-0.15, -0.1) is 0 Å². The second kappa shape index (κ2) is 7.65. The highest BCUT2D eigenvalue weighted by Gasteiger charge is 2.24. The lowest BCUT2D eigenvalue weighted by Crippen LogP contribution is -2.42. The summed E-state index contributed by atoms with van der Waals surface area (Å²) in [6.07, 6.45) is 3.66. The van der Waals surface area contributed by atoms with Crippen molar-refractivity contribution in [3.63, 3.8) is 0 Å². The molecule has 128 valence electrons. The Bertz CT molecular complexity index is 576. The zero-order valence-corrected chi connectivity index (χ0v) is 12.8. The van der Waals surface area contributed by atoms with Gasteiger partial charge in [-0.05, 0) is 44.7 Å². The highest BCUT2D eigenvalue weighted by Crippen LogP contribution is 2.26. The molecule has 4 N–H and O–H groups in total. The number of aromatic hydroxyl groups is 1. The maximum Gasteiger partial charge on any atom is 0.254 e. The SMILES string of the molecule is CNN[C@H]1CC[C@H](CNC(=O)c2cc(F)c(O)c(F)c2F)CC1. The molecule has 0 radical (unpaired) electrons. The highest BCUT2D eigenvalue weighted by molar-refractivity contribution is 5.94. The molecular formula is C15H20F3N3O2. The van der Waals surface area contributed by atoms with Crippen LogP contribution in [0.4, 0.5) is 13.2 Å². The summed E-state index contributed by atoms with van der Waals surface area (Å²) >= 11 is 0. The molecule has 0 heterocycles. The Kier molecular flexibility index (Phi) is 5.84. The number of nitrogens with one attached hydrogen (secondary N) is 3. The molecule has 1 aliphatic rings. The number of hydrogen-bond acceptors (Lipinski definition) is 4. The summed E-state index contributed by atoms with van der Waals surface area (Å²) in [5.41, 5.74) is 5.27. The topological polar surface area (TPSA) is 73.4 Å². The average Bonchev–Trinajstić information content (AvgIpc) is 2.55. The zero-order valence-electron chi connectivity index (χ0n) is 12.8. The van der Waals surface area contributed by atoms with Crippen molar-refractivity contribution in [1.82, 2.24) is 16.2 Å². The van der Waals surface area contributed by atoms with Crippen LogP contribution in [0.5, 0.6) is 5.75 Å². The zero-order chi connectivity index (χ0) is 17.0. The Hall–Kier alpha value is -1.80. The van der Waals surface area contributed by atoms with E-state index in [2.05, 4.69) is 16.2 Å². The Morgan fingerprint density at radius 1 is 1.22 bits per heavy atom. The molecule has 0 saturated heterocycles. The second-order valence-corrected chi connectivity index (χ2v) is 5.70. The summed E-state index contributed by atoms with van der Waals surface area (Å²) in [5, 5.41) is 11.5. The number of phenols is 1. The number of phenolic OH excluding ortho intramolecular Hbond substituents is 1. The second-order valence-electron chi connectivity index (χ2n) is 5.70. The van der Waals surface area contributed by atoms with E-state index in [0.29, 0.717) is 18.7 Å². The van der Waals surface area contributed by atoms with E-state index in [1.54, 1.807) is 7.05 Å². The molecule has 1 aromatic rings. The van der Waals surface area contributed by atoms with Gasteiger partial charge in [-0.1, -0.05) is 0 Å². The van der Waals surface area contributed by atoms with Crippen LogP contribution in [0.25, 0.3) is 0 Å². The van der Waals surface area contributed by atoms with Gasteiger partial charge in [-0.3, -0.25) is 15.6 Å². The number of carbonyl (C=O) groups is 1. The van der Waals surface area contributed by atoms with Gasteiger partial charge in [0.1, 0.15) is 0 Å². The minimum Gasteiger partial charge on any atom is -0.503 e. The maximum absolute atomic E-state index is 13.6. The molecule has 0 spiro atoms. The molecule has 0 bridgehead atoms. The molecule has 0 aliphatic heterocycles. The fraction of sp³-hybridized carbons (Fsp3) is 0.533. The van der Waals surface area contributed by atoms with E-state index in [9.17, 15) is 18.0 Å². The third-order valence-corrected chi connectivity index (χ3v) is 4.13. The minimum atomic E-state index is -1.76. The van der Waals surface area contributed by atoms with Crippen molar-refractivity contribution >= 4 is 5.91 Å². The first-order valence-electron chi connectivity index (χ1n) is 7.51. The Morgan fingerprint density at radius 2 is 1.87 bits per heavy atom. The lowest BCUT2D eigenvalue weighted by molar-refractivity contribution is 0.0936. The standard InChI is InChI=1S/C15H20F3N3O2/c1-19-21-9-4-2-8(3-5-9)7-20-15(23)10-6-11(16)14(22)13(18)12(10)17/h6,8-9,19,21-22H,2-5,7H2,1H3,(H,20,23)/t8-,9-. The summed E-state index contributed by atoms with van der Waals surface area (Å²) in [7, 11) is 1.80. The molecule has 1 aliphatic carbocycles. The molecule has 0 atom stereocenters. The fourth-order valence-electron chi connectivity index (χ4n) is 2.80. The van der Waals surface area contributed by atoms with E-state index in [-0.39, 0.29) is 5.92 Å². The van der Waals surface area contributed by atoms with Crippen molar-refractivity contribution in [2.24, 2.45) is 5.92 Å². The summed E-state index contributed by atoms with van der Waals surface area (Å²) in [4.78, 5) is 11.9. The van der Waals surface area contributed by atoms with Gasteiger partial charge in [-0.25, -0.2) is 8.78 Å². The van der Waals surface area contributed by atoms with Crippen molar-refractivity contribution in [1.29, 1.82) is 0 Å². The first-order valence-corrected chi connectivity index (χ1v) is 7.51. The number of hydrogen-bond donors (Lipinski definition) is 4. The van der Waals surface area contributed by atoms with E-state index in [0.717, 1.165) is 25.7 Å². The van der Waals surface area contributed by atoms with E-state index < -0.39 is 34.7 Å². The van der Waals surface area contributed by atoms with Crippen LogP contribution in [0, 0.1) is 23.4 Å². The van der Waals surface area contributed by atoms with Crippen molar-refractivity contribution in [3.8, 4) is 5.75 Å². The van der Waals surface area contributed by atoms with Gasteiger partial charge in [0, 0.05) is 12.6 Å². The lowest BCUT2D eigenvalue weighted by atomic mass is 9.86. The molecule has 1 aromatic carbocycles. The summed E-state index contributed by atoms with van der Waals surface area (Å²) in [5.74, 6) is -6.75. The van der Waals surface area contributed by atoms with Crippen molar-refractivity contribution < 1.29 is 23.1 Å². The van der Waals surface area contributed by atoms with Crippen LogP contribution in [0.15, 0.2) is 6.07 Å². The fourth-order valence-corrected chi connectivity index (χ4v) is 2.80. The predicted molar refractivity (Wildman–Crippen MR) is 78.3 cm³/mol. The van der Waals surface area contributed by atoms with Crippen molar-refractivity contribution in [2.75, 3.05) is 13.6 Å². The van der Waals surface area contributed by atoms with Crippen LogP contribution in [-0.4, -0.2) is 30.6 Å². The van der Waals surface area contributed by atoms with Crippen LogP contribution in [-0.2, 0) is 0 Å². The predicted octanol–water partition coefficient (Wildman–Crippen LogP) is 1.82. The number of halogens is 3. The Labute approximate surface area is 132 Å². The van der Waals surface area contributed by atoms with Crippen LogP contribution in [0.3, 0.4) is 0 Å². The van der Waals surface area contributed by atoms with Gasteiger partial charge < -0.3 is 10.4 Å². The number of hydrazine groups is 1. The molecule has 0 aromatic heterocycles. The number of benzene rings is 1. The van der Waals surface area contributed by atoms with Crippen molar-refractivity contribution in [2.45, 2.75) is 31.7 Å². The smallest absolute Gasteiger partial charge is 0.254 e. The first-order chi connectivity index (χ1) is 10.9. The Morgan fingerprint density at radius 3 is 2.48 bits per heavy atom. The molecule has 1 fully saturated rings. The number of amides is 1. The highest BCUT2D eigenvalue weighted by atomic mass is 19.2. The molecule has 8 heteroatoms. The third-order valence-electron chi connectivity index (χ3n) is 4.13. The quantitative estimate of drug-likeness (QED) is 0.491. The molecule has 1 saturated carbocycles. The number of rotatable bonds is 5. The van der Waals surface area contributed by atoms with E-state index in [4.69, 9.17) is 5.11 Å². The summed E-state index contributed by atoms with van der Waals surface area (Å²) in [6.45, 7) is 0.314. The summed E-state index contributed by atoms with van der Waals surface area (Å²) < 4.78 is 40.1. The molecular weight excluding hydrogens is 311 g/mol. The first kappa shape index (κ1) is 17.6. The van der Waals surface area contributed by atoms with Gasteiger partial charge in [0.05, 0.1) is 5.56 Å². The van der Waals surface area contributed by atoms with Crippen LogP contribution in [0.2, 0.25) is 0 Å². The van der Waals surface area contributed by atoms with Gasteiger partial charge >= 0.3 is 0 Å². The van der Waals surface area contributed by atoms with Gasteiger partial charge in [-0.2, -0.15) is 4.39 Å². The van der Waals surface area contributed by atoms with Crippen LogP contribution in [0.1, 0.15) is 36.0 Å². The Balaban J connectivity index is 1.91. The van der Waals surface area contributed by atoms with Crippen molar-refractivity contribution in [3.05, 3.63) is 29.1 Å². The average molecular weight is 331 g/mol. The van der Waals surface area contributed by atoms with E-state index >= 15 is 0 Å². The molecule has 23 heavy (non-hydrogen) atoms. The normalized spacial score (nSPS) is 21.2. The van der Waals surface area contributed by atoms with E-state index in [1.165, 1.54) is 0 Å². The van der Waals surface area contributed by atoms with Gasteiger partial charge in [0.15, 0.2) is 17.4 Å². The molecule has 5 nitrogen and oxygen atoms in total. The number of carbonyl (C=O) groups excluding carboxylic acids is 1. The van der Waals surface area contributed by atoms with Gasteiger partial charge in [0.25, 0.3) is 5.91 Å². The molecule has 0 unspecified atom stereocenters.